The van der Waals surface area contributed by atoms with Crippen LogP contribution in [0, 0.1) is 5.92 Å². The third-order valence-electron chi connectivity index (χ3n) is 5.43. The second kappa shape index (κ2) is 5.45. The van der Waals surface area contributed by atoms with E-state index in [2.05, 4.69) is 7.05 Å². The summed E-state index contributed by atoms with van der Waals surface area (Å²) in [5, 5.41) is 1.02. The molecule has 0 aliphatic carbocycles. The van der Waals surface area contributed by atoms with Gasteiger partial charge in [0.1, 0.15) is 0 Å². The van der Waals surface area contributed by atoms with Gasteiger partial charge in [0.2, 0.25) is 0 Å². The standard InChI is InChI=1S/C15H25N2O3/c1-17-9-3-2-6-13(17)12(5-4-10-17)11-20-16-14(18)7-8-15(16)19/h12-13H,2-11H2,1H3/q+1/t12-,13+,17+/m0/s1. The van der Waals surface area contributed by atoms with Gasteiger partial charge >= 0.3 is 0 Å². The van der Waals surface area contributed by atoms with E-state index in [1.54, 1.807) is 0 Å². The Morgan fingerprint density at radius 1 is 1.10 bits per heavy atom. The SMILES string of the molecule is C[N@+]12CCCC[C@@H]1[C@H](CON1C(=O)CCC1=O)CCC2. The zero-order valence-electron chi connectivity index (χ0n) is 12.3. The molecule has 3 aliphatic rings. The Morgan fingerprint density at radius 3 is 2.55 bits per heavy atom. The predicted octanol–water partition coefficient (Wildman–Crippen LogP) is 1.48. The molecule has 3 heterocycles. The summed E-state index contributed by atoms with van der Waals surface area (Å²) in [6.07, 6.45) is 6.88. The fourth-order valence-electron chi connectivity index (χ4n) is 4.30. The Bertz CT molecular complexity index is 392. The van der Waals surface area contributed by atoms with Crippen molar-refractivity contribution in [2.24, 2.45) is 5.92 Å². The van der Waals surface area contributed by atoms with Crippen LogP contribution in [0.5, 0.6) is 0 Å². The molecule has 20 heavy (non-hydrogen) atoms. The lowest BCUT2D eigenvalue weighted by atomic mass is 9.82. The molecular formula is C15H25N2O3+. The predicted molar refractivity (Wildman–Crippen MR) is 73.3 cm³/mol. The van der Waals surface area contributed by atoms with Gasteiger partial charge in [0.05, 0.1) is 32.8 Å². The molecular weight excluding hydrogens is 256 g/mol. The highest BCUT2D eigenvalue weighted by molar-refractivity contribution is 6.00. The van der Waals surface area contributed by atoms with Crippen LogP contribution in [0.4, 0.5) is 0 Å². The van der Waals surface area contributed by atoms with Gasteiger partial charge in [0.25, 0.3) is 11.8 Å². The van der Waals surface area contributed by atoms with Gasteiger partial charge in [-0.1, -0.05) is 0 Å². The van der Waals surface area contributed by atoms with E-state index < -0.39 is 0 Å². The van der Waals surface area contributed by atoms with Crippen molar-refractivity contribution < 1.29 is 18.9 Å². The van der Waals surface area contributed by atoms with Gasteiger partial charge in [0.15, 0.2) is 0 Å². The number of carbonyl (C=O) groups excluding carboxylic acids is 2. The van der Waals surface area contributed by atoms with E-state index in [9.17, 15) is 9.59 Å². The maximum atomic E-state index is 11.6. The van der Waals surface area contributed by atoms with Crippen LogP contribution in [0.15, 0.2) is 0 Å². The molecule has 3 rings (SSSR count). The van der Waals surface area contributed by atoms with Crippen molar-refractivity contribution in [3.05, 3.63) is 0 Å². The second-order valence-corrected chi connectivity index (χ2v) is 6.77. The molecule has 3 aliphatic heterocycles. The molecule has 0 aromatic carbocycles. The van der Waals surface area contributed by atoms with Crippen LogP contribution in [0.3, 0.4) is 0 Å². The van der Waals surface area contributed by atoms with Crippen LogP contribution in [0.2, 0.25) is 0 Å². The molecule has 0 unspecified atom stereocenters. The minimum atomic E-state index is -0.174. The molecule has 5 heteroatoms. The molecule has 3 atom stereocenters. The van der Waals surface area contributed by atoms with E-state index in [-0.39, 0.29) is 11.8 Å². The van der Waals surface area contributed by atoms with Crippen molar-refractivity contribution in [2.45, 2.75) is 51.0 Å². The van der Waals surface area contributed by atoms with Crippen molar-refractivity contribution >= 4 is 11.8 Å². The summed E-state index contributed by atoms with van der Waals surface area (Å²) in [7, 11) is 2.36. The second-order valence-electron chi connectivity index (χ2n) is 6.77. The van der Waals surface area contributed by atoms with Gasteiger partial charge in [-0.05, 0) is 25.7 Å². The first-order valence-electron chi connectivity index (χ1n) is 7.93. The van der Waals surface area contributed by atoms with Crippen LogP contribution in [-0.4, -0.2) is 54.1 Å². The Labute approximate surface area is 120 Å². The number of hydrogen-bond donors (Lipinski definition) is 0. The normalized spacial score (nSPS) is 38.1. The molecule has 3 saturated heterocycles. The summed E-state index contributed by atoms with van der Waals surface area (Å²) in [5.41, 5.74) is 0. The number of fused-ring (bicyclic) bond motifs is 1. The number of hydroxylamine groups is 2. The number of quaternary nitrogens is 1. The molecule has 0 radical (unpaired) electrons. The third-order valence-corrected chi connectivity index (χ3v) is 5.43. The number of nitrogens with zero attached hydrogens (tertiary/aromatic N) is 2. The Morgan fingerprint density at radius 2 is 1.80 bits per heavy atom. The molecule has 2 amide bonds. The first-order valence-corrected chi connectivity index (χ1v) is 7.93. The molecule has 0 saturated carbocycles. The number of hydrogen-bond acceptors (Lipinski definition) is 3. The molecule has 0 spiro atoms. The van der Waals surface area contributed by atoms with Crippen molar-refractivity contribution in [1.29, 1.82) is 0 Å². The first-order chi connectivity index (χ1) is 9.60. The topological polar surface area (TPSA) is 46.6 Å². The smallest absolute Gasteiger partial charge is 0.253 e. The minimum Gasteiger partial charge on any atom is -0.323 e. The lowest BCUT2D eigenvalue weighted by Crippen LogP contribution is -2.61. The summed E-state index contributed by atoms with van der Waals surface area (Å²) in [5.74, 6) is 0.133. The fraction of sp³-hybridized carbons (Fsp3) is 0.867. The number of piperidine rings is 2. The Balaban J connectivity index is 1.61. The molecule has 0 N–H and O–H groups in total. The zero-order valence-corrected chi connectivity index (χ0v) is 12.3. The van der Waals surface area contributed by atoms with Crippen LogP contribution in [0.25, 0.3) is 0 Å². The molecule has 112 valence electrons. The largest absolute Gasteiger partial charge is 0.323 e. The van der Waals surface area contributed by atoms with E-state index >= 15 is 0 Å². The number of carbonyl (C=O) groups is 2. The van der Waals surface area contributed by atoms with E-state index in [1.165, 1.54) is 38.8 Å². The zero-order chi connectivity index (χ0) is 14.2. The maximum absolute atomic E-state index is 11.6. The van der Waals surface area contributed by atoms with Crippen LogP contribution in [-0.2, 0) is 14.4 Å². The third kappa shape index (κ3) is 2.49. The van der Waals surface area contributed by atoms with Crippen LogP contribution in [0.1, 0.15) is 44.9 Å². The van der Waals surface area contributed by atoms with Gasteiger partial charge in [-0.15, -0.1) is 0 Å². The highest BCUT2D eigenvalue weighted by atomic mass is 16.7. The molecule has 3 fully saturated rings. The quantitative estimate of drug-likeness (QED) is 0.581. The number of amides is 2. The number of rotatable bonds is 3. The van der Waals surface area contributed by atoms with Crippen LogP contribution < -0.4 is 0 Å². The van der Waals surface area contributed by atoms with Crippen molar-refractivity contribution in [2.75, 3.05) is 26.7 Å². The average Bonchev–Trinajstić information content (AvgIpc) is 2.75. The monoisotopic (exact) mass is 281 g/mol. The van der Waals surface area contributed by atoms with E-state index in [1.807, 2.05) is 0 Å². The summed E-state index contributed by atoms with van der Waals surface area (Å²) in [4.78, 5) is 28.7. The lowest BCUT2D eigenvalue weighted by molar-refractivity contribution is -0.947. The molecule has 0 aromatic heterocycles. The van der Waals surface area contributed by atoms with Crippen molar-refractivity contribution in [3.63, 3.8) is 0 Å². The molecule has 5 nitrogen and oxygen atoms in total. The van der Waals surface area contributed by atoms with Gasteiger partial charge in [0, 0.05) is 25.2 Å². The van der Waals surface area contributed by atoms with Crippen molar-refractivity contribution in [1.82, 2.24) is 5.06 Å². The van der Waals surface area contributed by atoms with E-state index in [0.29, 0.717) is 31.4 Å². The van der Waals surface area contributed by atoms with Gasteiger partial charge in [-0.3, -0.25) is 14.4 Å². The minimum absolute atomic E-state index is 0.174. The molecule has 0 aromatic rings. The highest BCUT2D eigenvalue weighted by Crippen LogP contribution is 2.36. The summed E-state index contributed by atoms with van der Waals surface area (Å²) in [6.45, 7) is 3.06. The van der Waals surface area contributed by atoms with E-state index in [4.69, 9.17) is 4.84 Å². The average molecular weight is 281 g/mol. The van der Waals surface area contributed by atoms with Gasteiger partial charge in [-0.2, -0.15) is 5.06 Å². The summed E-state index contributed by atoms with van der Waals surface area (Å²) < 4.78 is 1.16. The van der Waals surface area contributed by atoms with Gasteiger partial charge in [-0.25, -0.2) is 0 Å². The lowest BCUT2D eigenvalue weighted by Gasteiger charge is -2.51. The first kappa shape index (κ1) is 14.0. The Kier molecular flexibility index (Phi) is 3.82. The van der Waals surface area contributed by atoms with Crippen molar-refractivity contribution in [3.8, 4) is 0 Å². The highest BCUT2D eigenvalue weighted by Gasteiger charge is 2.44. The van der Waals surface area contributed by atoms with Gasteiger partial charge < -0.3 is 4.48 Å². The Hall–Kier alpha value is -0.940. The summed E-state index contributed by atoms with van der Waals surface area (Å²) in [6, 6.07) is 0.644. The maximum Gasteiger partial charge on any atom is 0.253 e. The van der Waals surface area contributed by atoms with Crippen LogP contribution >= 0.6 is 0 Å². The van der Waals surface area contributed by atoms with E-state index in [0.717, 1.165) is 16.0 Å². The summed E-state index contributed by atoms with van der Waals surface area (Å²) >= 11 is 0. The fourth-order valence-corrected chi connectivity index (χ4v) is 4.30. The number of imide groups is 1. The molecule has 0 bridgehead atoms.